The summed E-state index contributed by atoms with van der Waals surface area (Å²) in [6.07, 6.45) is 0. The number of halogens is 1. The number of aliphatic carboxylic acids is 2. The summed E-state index contributed by atoms with van der Waals surface area (Å²) in [5.74, 6) is -3.65. The number of benzene rings is 1. The molecule has 0 fully saturated rings. The van der Waals surface area contributed by atoms with Crippen molar-refractivity contribution in [1.82, 2.24) is 10.2 Å². The zero-order valence-electron chi connectivity index (χ0n) is 11.5. The highest BCUT2D eigenvalue weighted by molar-refractivity contribution is 6.30. The highest BCUT2D eigenvalue weighted by Gasteiger charge is 2.04. The van der Waals surface area contributed by atoms with Gasteiger partial charge in [0.05, 0.1) is 0 Å². The molecule has 0 bridgehead atoms. The van der Waals surface area contributed by atoms with Gasteiger partial charge in [-0.15, -0.1) is 0 Å². The molecule has 0 atom stereocenters. The smallest absolute Gasteiger partial charge is 0.414 e. The fourth-order valence-corrected chi connectivity index (χ4v) is 1.40. The van der Waals surface area contributed by atoms with Gasteiger partial charge in [-0.2, -0.15) is 0 Å². The van der Waals surface area contributed by atoms with Crippen LogP contribution in [0.5, 0.6) is 0 Å². The van der Waals surface area contributed by atoms with Crippen LogP contribution in [0.15, 0.2) is 24.3 Å². The summed E-state index contributed by atoms with van der Waals surface area (Å²) in [5, 5.41) is 18.9. The van der Waals surface area contributed by atoms with Gasteiger partial charge in [-0.05, 0) is 31.8 Å². The molecular formula is C13H19ClN2O4. The van der Waals surface area contributed by atoms with Crippen LogP contribution in [0.1, 0.15) is 5.56 Å². The van der Waals surface area contributed by atoms with Gasteiger partial charge in [0.2, 0.25) is 0 Å². The van der Waals surface area contributed by atoms with Crippen molar-refractivity contribution < 1.29 is 19.8 Å². The molecule has 0 saturated carbocycles. The van der Waals surface area contributed by atoms with E-state index in [1.807, 2.05) is 18.2 Å². The lowest BCUT2D eigenvalue weighted by Crippen LogP contribution is -2.26. The predicted molar refractivity (Wildman–Crippen MR) is 77.0 cm³/mol. The average molecular weight is 303 g/mol. The van der Waals surface area contributed by atoms with E-state index < -0.39 is 11.9 Å². The lowest BCUT2D eigenvalue weighted by atomic mass is 10.2. The Morgan fingerprint density at radius 2 is 1.85 bits per heavy atom. The number of likely N-dealkylation sites (N-methyl/N-ethyl adjacent to an activating group) is 1. The van der Waals surface area contributed by atoms with Gasteiger partial charge in [-0.1, -0.05) is 23.7 Å². The van der Waals surface area contributed by atoms with Crippen molar-refractivity contribution in [3.63, 3.8) is 0 Å². The van der Waals surface area contributed by atoms with Gasteiger partial charge in [0, 0.05) is 24.7 Å². The van der Waals surface area contributed by atoms with Gasteiger partial charge in [-0.25, -0.2) is 9.59 Å². The molecule has 1 aromatic carbocycles. The Labute approximate surface area is 123 Å². The molecule has 6 nitrogen and oxygen atoms in total. The van der Waals surface area contributed by atoms with Gasteiger partial charge >= 0.3 is 11.9 Å². The van der Waals surface area contributed by atoms with E-state index >= 15 is 0 Å². The minimum atomic E-state index is -1.82. The number of hydrogen-bond donors (Lipinski definition) is 3. The Kier molecular flexibility index (Phi) is 9.36. The fraction of sp³-hybridized carbons (Fsp3) is 0.385. The standard InChI is InChI=1S/C11H17ClN2.C2H2O4/c1-14(2)7-6-13-9-10-4-3-5-11(12)8-10;3-1(4)2(5)6/h3-5,8,13H,6-7,9H2,1-2H3;(H,3,4)(H,5,6). The van der Waals surface area contributed by atoms with Crippen LogP contribution >= 0.6 is 11.6 Å². The van der Waals surface area contributed by atoms with Gasteiger partial charge in [0.15, 0.2) is 0 Å². The Morgan fingerprint density at radius 1 is 1.25 bits per heavy atom. The molecule has 0 heterocycles. The van der Waals surface area contributed by atoms with Crippen LogP contribution in [-0.2, 0) is 16.1 Å². The molecule has 0 amide bonds. The first-order chi connectivity index (χ1) is 9.32. The monoisotopic (exact) mass is 302 g/mol. The Hall–Kier alpha value is -1.63. The normalized spacial score (nSPS) is 9.80. The van der Waals surface area contributed by atoms with E-state index in [2.05, 4.69) is 30.4 Å². The maximum Gasteiger partial charge on any atom is 0.414 e. The molecule has 1 aromatic rings. The molecule has 0 aliphatic rings. The van der Waals surface area contributed by atoms with Crippen molar-refractivity contribution in [2.75, 3.05) is 27.2 Å². The number of carbonyl (C=O) groups is 2. The van der Waals surface area contributed by atoms with Gasteiger partial charge in [0.25, 0.3) is 0 Å². The second kappa shape index (κ2) is 10.2. The molecule has 0 aliphatic carbocycles. The topological polar surface area (TPSA) is 89.9 Å². The van der Waals surface area contributed by atoms with Crippen LogP contribution in [0.3, 0.4) is 0 Å². The molecule has 0 aliphatic heterocycles. The molecule has 0 spiro atoms. The summed E-state index contributed by atoms with van der Waals surface area (Å²) >= 11 is 5.87. The molecule has 0 saturated heterocycles. The number of rotatable bonds is 5. The molecule has 20 heavy (non-hydrogen) atoms. The van der Waals surface area contributed by atoms with Crippen molar-refractivity contribution >= 4 is 23.5 Å². The Morgan fingerprint density at radius 3 is 2.30 bits per heavy atom. The second-order valence-electron chi connectivity index (χ2n) is 4.22. The lowest BCUT2D eigenvalue weighted by Gasteiger charge is -2.10. The fourth-order valence-electron chi connectivity index (χ4n) is 1.18. The summed E-state index contributed by atoms with van der Waals surface area (Å²) in [6, 6.07) is 7.94. The molecule has 1 rings (SSSR count). The first-order valence-electron chi connectivity index (χ1n) is 5.89. The first-order valence-corrected chi connectivity index (χ1v) is 6.27. The van der Waals surface area contributed by atoms with Crippen LogP contribution in [-0.4, -0.2) is 54.2 Å². The molecule has 3 N–H and O–H groups in total. The number of nitrogens with one attached hydrogen (secondary N) is 1. The number of nitrogens with zero attached hydrogens (tertiary/aromatic N) is 1. The van der Waals surface area contributed by atoms with E-state index in [1.54, 1.807) is 0 Å². The van der Waals surface area contributed by atoms with Crippen molar-refractivity contribution in [3.8, 4) is 0 Å². The zero-order valence-corrected chi connectivity index (χ0v) is 12.2. The number of carboxylic acid groups (broad SMARTS) is 2. The SMILES string of the molecule is CN(C)CCNCc1cccc(Cl)c1.O=C(O)C(=O)O. The molecule has 112 valence electrons. The van der Waals surface area contributed by atoms with Crippen LogP contribution in [0.25, 0.3) is 0 Å². The highest BCUT2D eigenvalue weighted by Crippen LogP contribution is 2.09. The summed E-state index contributed by atoms with van der Waals surface area (Å²) in [6.45, 7) is 2.94. The largest absolute Gasteiger partial charge is 0.473 e. The maximum atomic E-state index is 9.10. The van der Waals surface area contributed by atoms with E-state index in [9.17, 15) is 0 Å². The number of carboxylic acids is 2. The molecule has 0 aromatic heterocycles. The lowest BCUT2D eigenvalue weighted by molar-refractivity contribution is -0.159. The van der Waals surface area contributed by atoms with Crippen LogP contribution in [0.2, 0.25) is 5.02 Å². The zero-order chi connectivity index (χ0) is 15.5. The van der Waals surface area contributed by atoms with Crippen molar-refractivity contribution in [2.24, 2.45) is 0 Å². The minimum absolute atomic E-state index is 0.803. The van der Waals surface area contributed by atoms with E-state index in [0.717, 1.165) is 24.7 Å². The van der Waals surface area contributed by atoms with Gasteiger partial charge in [-0.3, -0.25) is 0 Å². The van der Waals surface area contributed by atoms with Crippen molar-refractivity contribution in [3.05, 3.63) is 34.9 Å². The highest BCUT2D eigenvalue weighted by atomic mass is 35.5. The van der Waals surface area contributed by atoms with Gasteiger partial charge < -0.3 is 20.4 Å². The summed E-state index contributed by atoms with van der Waals surface area (Å²) in [5.41, 5.74) is 1.23. The first kappa shape index (κ1) is 18.4. The number of hydrogen-bond acceptors (Lipinski definition) is 4. The van der Waals surface area contributed by atoms with Crippen LogP contribution in [0, 0.1) is 0 Å². The van der Waals surface area contributed by atoms with E-state index in [-0.39, 0.29) is 0 Å². The predicted octanol–water partition coefficient (Wildman–Crippen LogP) is 1.15. The Bertz CT molecular complexity index is 426. The second-order valence-corrected chi connectivity index (χ2v) is 4.66. The summed E-state index contributed by atoms with van der Waals surface area (Å²) < 4.78 is 0. The molecule has 7 heteroatoms. The Balaban J connectivity index is 0.000000511. The van der Waals surface area contributed by atoms with E-state index in [0.29, 0.717) is 0 Å². The van der Waals surface area contributed by atoms with Crippen LogP contribution in [0.4, 0.5) is 0 Å². The molecule has 0 radical (unpaired) electrons. The van der Waals surface area contributed by atoms with E-state index in [1.165, 1.54) is 5.56 Å². The third-order valence-electron chi connectivity index (χ3n) is 2.14. The molecule has 0 unspecified atom stereocenters. The third kappa shape index (κ3) is 10.3. The van der Waals surface area contributed by atoms with Gasteiger partial charge in [0.1, 0.15) is 0 Å². The van der Waals surface area contributed by atoms with Crippen LogP contribution < -0.4 is 5.32 Å². The summed E-state index contributed by atoms with van der Waals surface area (Å²) in [4.78, 5) is 20.4. The average Bonchev–Trinajstić information content (AvgIpc) is 2.35. The quantitative estimate of drug-likeness (QED) is 0.558. The minimum Gasteiger partial charge on any atom is -0.473 e. The van der Waals surface area contributed by atoms with Crippen molar-refractivity contribution in [2.45, 2.75) is 6.54 Å². The van der Waals surface area contributed by atoms with Crippen molar-refractivity contribution in [1.29, 1.82) is 0 Å². The maximum absolute atomic E-state index is 9.10. The summed E-state index contributed by atoms with van der Waals surface area (Å²) in [7, 11) is 4.14. The molecular weight excluding hydrogens is 284 g/mol. The van der Waals surface area contributed by atoms with E-state index in [4.69, 9.17) is 31.4 Å². The third-order valence-corrected chi connectivity index (χ3v) is 2.37.